The Labute approximate surface area is 185 Å². The van der Waals surface area contributed by atoms with E-state index in [-0.39, 0.29) is 17.9 Å². The average Bonchev–Trinajstić information content (AvgIpc) is 2.64. The number of hydrogen-bond donors (Lipinski definition) is 3. The zero-order valence-electron chi connectivity index (χ0n) is 16.5. The number of benzene rings is 1. The van der Waals surface area contributed by atoms with Crippen molar-refractivity contribution in [3.63, 3.8) is 0 Å². The smallest absolute Gasteiger partial charge is 0.450 e. The average molecular weight is 487 g/mol. The number of carbonyl (C=O) groups excluding carboxylic acids is 1. The maximum atomic E-state index is 14.6. The van der Waals surface area contributed by atoms with E-state index in [1.165, 1.54) is 12.1 Å². The van der Waals surface area contributed by atoms with Gasteiger partial charge < -0.3 is 15.2 Å². The molecule has 3 N–H and O–H groups in total. The minimum atomic E-state index is -3.31. The Morgan fingerprint density at radius 2 is 1.83 bits per heavy atom. The molecule has 1 aromatic carbocycles. The van der Waals surface area contributed by atoms with E-state index in [1.807, 2.05) is 0 Å². The minimum absolute atomic E-state index is 0.0894. The van der Waals surface area contributed by atoms with Gasteiger partial charge in [0.05, 0.1) is 4.90 Å². The summed E-state index contributed by atoms with van der Waals surface area (Å²) in [6.07, 6.45) is -2.59. The normalized spacial score (nSPS) is 14.7. The van der Waals surface area contributed by atoms with Crippen molar-refractivity contribution in [3.8, 4) is 0 Å². The van der Waals surface area contributed by atoms with Crippen LogP contribution in [-0.2, 0) is 25.8 Å². The highest BCUT2D eigenvalue weighted by atomic mass is 35.5. The highest BCUT2D eigenvalue weighted by molar-refractivity contribution is 7.90. The Bertz CT molecular complexity index is 807. The number of alkyl halides is 3. The number of aryl methyl sites for hydroxylation is 1. The second kappa shape index (κ2) is 12.3. The van der Waals surface area contributed by atoms with Crippen molar-refractivity contribution in [3.05, 3.63) is 29.8 Å². The van der Waals surface area contributed by atoms with E-state index >= 15 is 0 Å². The number of likely N-dealkylation sites (N-methyl/N-ethyl adjacent to an activating group) is 1. The number of nitrogens with one attached hydrogen (secondary N) is 2. The van der Waals surface area contributed by atoms with Gasteiger partial charge in [0.15, 0.2) is 21.0 Å². The molecule has 30 heavy (non-hydrogen) atoms. The van der Waals surface area contributed by atoms with Crippen molar-refractivity contribution in [1.82, 2.24) is 10.6 Å². The van der Waals surface area contributed by atoms with Gasteiger partial charge in [0.1, 0.15) is 12.1 Å². The summed E-state index contributed by atoms with van der Waals surface area (Å²) in [5.74, 6) is -0.876. The lowest BCUT2D eigenvalue weighted by Gasteiger charge is -2.30. The molecule has 0 bridgehead atoms. The molecule has 1 aromatic rings. The predicted octanol–water partition coefficient (Wildman–Crippen LogP) is 2.67. The van der Waals surface area contributed by atoms with Crippen molar-refractivity contribution in [2.24, 2.45) is 0 Å². The monoisotopic (exact) mass is 486 g/mol. The molecule has 1 unspecified atom stereocenters. The van der Waals surface area contributed by atoms with Crippen LogP contribution in [0.2, 0.25) is 0 Å². The molecule has 0 aliphatic rings. The van der Waals surface area contributed by atoms with Crippen molar-refractivity contribution >= 4 is 45.1 Å². The molecule has 12 heteroatoms. The summed E-state index contributed by atoms with van der Waals surface area (Å²) < 4.78 is 42.4. The number of hydrogen-bond acceptors (Lipinski definition) is 6. The van der Waals surface area contributed by atoms with Gasteiger partial charge in [-0.15, -0.1) is 0 Å². The van der Waals surface area contributed by atoms with E-state index < -0.39 is 45.2 Å². The molecule has 8 nitrogen and oxygen atoms in total. The summed E-state index contributed by atoms with van der Waals surface area (Å²) in [5, 5.41) is 13.8. The molecule has 0 aliphatic carbocycles. The molecule has 0 saturated carbocycles. The summed E-state index contributed by atoms with van der Waals surface area (Å²) in [5.41, 5.74) is 0.808. The van der Waals surface area contributed by atoms with Gasteiger partial charge in [-0.25, -0.2) is 17.6 Å². The third-order valence-corrected chi connectivity index (χ3v) is 5.70. The van der Waals surface area contributed by atoms with Crippen LogP contribution in [0.4, 0.5) is 9.18 Å². The first-order valence-electron chi connectivity index (χ1n) is 9.10. The van der Waals surface area contributed by atoms with Crippen LogP contribution in [-0.4, -0.2) is 61.7 Å². The lowest BCUT2D eigenvalue weighted by molar-refractivity contribution is -0.122. The van der Waals surface area contributed by atoms with Gasteiger partial charge in [-0.2, -0.15) is 0 Å². The zero-order chi connectivity index (χ0) is 22.9. The molecule has 0 radical (unpaired) electrons. The summed E-state index contributed by atoms with van der Waals surface area (Å²) in [7, 11) is -3.31. The number of rotatable bonds is 12. The standard InChI is InChI=1S/C18H25Cl2FN2O6S/c1-3-22-16(21)14(23-17(24)15(19)20)13(29-18(25)26)6-4-5-11-7-9-12(10-8-11)30(2,27)28/h7-10,13-16,22H,3-6H2,1-2H3,(H,23,24)(H,25,26)/t13-,14+,16?/m1/s1. The number of amides is 1. The topological polar surface area (TPSA) is 122 Å². The van der Waals surface area contributed by atoms with Crippen molar-refractivity contribution in [1.29, 1.82) is 0 Å². The molecular weight excluding hydrogens is 462 g/mol. The first-order chi connectivity index (χ1) is 14.0. The summed E-state index contributed by atoms with van der Waals surface area (Å²) in [4.78, 5) is 21.7. The second-order valence-corrected chi connectivity index (χ2v) is 9.64. The fourth-order valence-electron chi connectivity index (χ4n) is 2.76. The van der Waals surface area contributed by atoms with Crippen molar-refractivity contribution < 1.29 is 32.2 Å². The van der Waals surface area contributed by atoms with Crippen molar-refractivity contribution in [2.75, 3.05) is 12.8 Å². The number of halogens is 3. The third-order valence-electron chi connectivity index (χ3n) is 4.18. The highest BCUT2D eigenvalue weighted by Crippen LogP contribution is 2.18. The quantitative estimate of drug-likeness (QED) is 0.235. The predicted molar refractivity (Wildman–Crippen MR) is 111 cm³/mol. The molecule has 0 aliphatic heterocycles. The number of carboxylic acid groups (broad SMARTS) is 1. The maximum absolute atomic E-state index is 14.6. The molecule has 0 aromatic heterocycles. The SMILES string of the molecule is CCNC(F)[C@@H](NC(=O)C(Cl)Cl)[C@@H](CCCc1ccc(S(C)(=O)=O)cc1)OC(=O)O. The van der Waals surface area contributed by atoms with Gasteiger partial charge in [-0.05, 0) is 43.5 Å². The highest BCUT2D eigenvalue weighted by Gasteiger charge is 2.34. The summed E-state index contributed by atoms with van der Waals surface area (Å²) in [6.45, 7) is 1.87. The van der Waals surface area contributed by atoms with Gasteiger partial charge in [0, 0.05) is 6.26 Å². The first-order valence-corrected chi connectivity index (χ1v) is 11.9. The minimum Gasteiger partial charge on any atom is -0.450 e. The van der Waals surface area contributed by atoms with E-state index in [2.05, 4.69) is 10.6 Å². The van der Waals surface area contributed by atoms with E-state index in [4.69, 9.17) is 33.0 Å². The molecule has 3 atom stereocenters. The van der Waals surface area contributed by atoms with Gasteiger partial charge in [-0.1, -0.05) is 42.3 Å². The molecule has 0 heterocycles. The lowest BCUT2D eigenvalue weighted by Crippen LogP contribution is -2.56. The maximum Gasteiger partial charge on any atom is 0.506 e. The van der Waals surface area contributed by atoms with Gasteiger partial charge >= 0.3 is 6.16 Å². The van der Waals surface area contributed by atoms with Gasteiger partial charge in [0.2, 0.25) is 0 Å². The van der Waals surface area contributed by atoms with E-state index in [9.17, 15) is 22.4 Å². The molecule has 0 fully saturated rings. The van der Waals surface area contributed by atoms with E-state index in [0.717, 1.165) is 11.8 Å². The van der Waals surface area contributed by atoms with Gasteiger partial charge in [-0.3, -0.25) is 10.1 Å². The van der Waals surface area contributed by atoms with Crippen LogP contribution in [0.5, 0.6) is 0 Å². The number of ether oxygens (including phenoxy) is 1. The van der Waals surface area contributed by atoms with Crippen LogP contribution in [0.1, 0.15) is 25.3 Å². The van der Waals surface area contributed by atoms with Crippen LogP contribution in [0.3, 0.4) is 0 Å². The Morgan fingerprint density at radius 1 is 1.23 bits per heavy atom. The largest absolute Gasteiger partial charge is 0.506 e. The van der Waals surface area contributed by atoms with Crippen molar-refractivity contribution in [2.45, 2.75) is 54.4 Å². The second-order valence-electron chi connectivity index (χ2n) is 6.53. The summed E-state index contributed by atoms with van der Waals surface area (Å²) >= 11 is 11.0. The van der Waals surface area contributed by atoms with Crippen LogP contribution >= 0.6 is 23.2 Å². The fourth-order valence-corrected chi connectivity index (χ4v) is 3.51. The third kappa shape index (κ3) is 9.03. The van der Waals surface area contributed by atoms with Crippen LogP contribution < -0.4 is 10.6 Å². The molecule has 170 valence electrons. The van der Waals surface area contributed by atoms with E-state index in [1.54, 1.807) is 19.1 Å². The lowest BCUT2D eigenvalue weighted by atomic mass is 10.0. The molecule has 1 rings (SSSR count). The Hall–Kier alpha value is -1.62. The summed E-state index contributed by atoms with van der Waals surface area (Å²) in [6, 6.07) is 4.89. The molecule has 0 spiro atoms. The van der Waals surface area contributed by atoms with E-state index in [0.29, 0.717) is 12.8 Å². The molecule has 1 amide bonds. The van der Waals surface area contributed by atoms with Crippen LogP contribution in [0, 0.1) is 0 Å². The van der Waals surface area contributed by atoms with Crippen LogP contribution in [0.15, 0.2) is 29.2 Å². The number of carbonyl (C=O) groups is 2. The Balaban J connectivity index is 2.88. The van der Waals surface area contributed by atoms with Gasteiger partial charge in [0.25, 0.3) is 5.91 Å². The zero-order valence-corrected chi connectivity index (χ0v) is 18.8. The molecule has 0 saturated heterocycles. The van der Waals surface area contributed by atoms with Crippen LogP contribution in [0.25, 0.3) is 0 Å². The Morgan fingerprint density at radius 3 is 2.30 bits per heavy atom. The molecular formula is C18H25Cl2FN2O6S. The Kier molecular flexibility index (Phi) is 10.8. The first kappa shape index (κ1) is 26.4. The fraction of sp³-hybridized carbons (Fsp3) is 0.556. The number of sulfone groups is 1.